The van der Waals surface area contributed by atoms with Crippen molar-refractivity contribution in [3.8, 4) is 22.8 Å². The maximum Gasteiger partial charge on any atom is 0.162 e. The van der Waals surface area contributed by atoms with E-state index in [1.807, 2.05) is 24.4 Å². The highest BCUT2D eigenvalue weighted by molar-refractivity contribution is 9.10. The van der Waals surface area contributed by atoms with Gasteiger partial charge in [-0.25, -0.2) is 0 Å². The maximum absolute atomic E-state index is 5.45. The van der Waals surface area contributed by atoms with Crippen LogP contribution in [0, 0.1) is 0 Å². The number of nitrogens with zero attached hydrogens (tertiary/aromatic N) is 1. The van der Waals surface area contributed by atoms with E-state index in [-0.39, 0.29) is 0 Å². The van der Waals surface area contributed by atoms with Gasteiger partial charge in [-0.1, -0.05) is 15.9 Å². The minimum absolute atomic E-state index is 0.686. The lowest BCUT2D eigenvalue weighted by atomic mass is 10.0. The molecule has 2 heterocycles. The van der Waals surface area contributed by atoms with Crippen molar-refractivity contribution in [3.05, 3.63) is 40.4 Å². The lowest BCUT2D eigenvalue weighted by Gasteiger charge is -2.11. The largest absolute Gasteiger partial charge is 0.493 e. The fraction of sp³-hybridized carbons (Fsp3) is 0.167. The van der Waals surface area contributed by atoms with Crippen molar-refractivity contribution in [1.82, 2.24) is 4.98 Å². The molecule has 0 aliphatic carbocycles. The number of rotatable bonds is 2. The smallest absolute Gasteiger partial charge is 0.162 e. The number of hydrogen-bond acceptors (Lipinski definition) is 3. The Morgan fingerprint density at radius 1 is 1.09 bits per heavy atom. The molecule has 1 N–H and O–H groups in total. The Labute approximate surface area is 142 Å². The number of methoxy groups -OCH3 is 2. The van der Waals surface area contributed by atoms with Gasteiger partial charge in [0, 0.05) is 39.6 Å². The first-order chi connectivity index (χ1) is 11.2. The molecule has 5 heteroatoms. The summed E-state index contributed by atoms with van der Waals surface area (Å²) < 4.78 is 11.9. The SMILES string of the molecule is COc1cc2c(cc1OC)-c1[nH]c3ccc(Br)cc3c1CC=N2. The number of H-pyrrole nitrogens is 1. The molecule has 3 aromatic rings. The van der Waals surface area contributed by atoms with Gasteiger partial charge in [-0.15, -0.1) is 0 Å². The second-order valence-corrected chi connectivity index (χ2v) is 6.32. The van der Waals surface area contributed by atoms with Gasteiger partial charge in [0.1, 0.15) is 0 Å². The summed E-state index contributed by atoms with van der Waals surface area (Å²) in [6.45, 7) is 0. The average Bonchev–Trinajstić information content (AvgIpc) is 2.82. The monoisotopic (exact) mass is 370 g/mol. The number of halogens is 1. The van der Waals surface area contributed by atoms with E-state index < -0.39 is 0 Å². The van der Waals surface area contributed by atoms with Crippen LogP contribution in [0.5, 0.6) is 11.5 Å². The zero-order valence-electron chi connectivity index (χ0n) is 12.8. The first-order valence-electron chi connectivity index (χ1n) is 7.30. The molecule has 0 radical (unpaired) electrons. The molecule has 1 aliphatic heterocycles. The van der Waals surface area contributed by atoms with Crippen molar-refractivity contribution in [1.29, 1.82) is 0 Å². The summed E-state index contributed by atoms with van der Waals surface area (Å²) in [6, 6.07) is 10.2. The number of nitrogens with one attached hydrogen (secondary N) is 1. The van der Waals surface area contributed by atoms with Crippen LogP contribution in [0.25, 0.3) is 22.2 Å². The molecule has 0 amide bonds. The molecule has 23 heavy (non-hydrogen) atoms. The maximum atomic E-state index is 5.45. The van der Waals surface area contributed by atoms with Crippen molar-refractivity contribution >= 4 is 38.7 Å². The highest BCUT2D eigenvalue weighted by Crippen LogP contribution is 2.43. The van der Waals surface area contributed by atoms with Crippen LogP contribution in [0.3, 0.4) is 0 Å². The summed E-state index contributed by atoms with van der Waals surface area (Å²) in [5.41, 5.74) is 5.36. The Bertz CT molecular complexity index is 944. The Kier molecular flexibility index (Phi) is 3.38. The van der Waals surface area contributed by atoms with E-state index in [0.717, 1.165) is 33.4 Å². The van der Waals surface area contributed by atoms with Gasteiger partial charge in [0.25, 0.3) is 0 Å². The molecule has 2 aromatic carbocycles. The van der Waals surface area contributed by atoms with Gasteiger partial charge in [0.05, 0.1) is 25.6 Å². The summed E-state index contributed by atoms with van der Waals surface area (Å²) in [5.74, 6) is 1.39. The fourth-order valence-corrected chi connectivity index (χ4v) is 3.43. The van der Waals surface area contributed by atoms with Crippen molar-refractivity contribution < 1.29 is 9.47 Å². The normalized spacial score (nSPS) is 12.7. The number of benzene rings is 2. The third kappa shape index (κ3) is 2.23. The molecule has 0 saturated heterocycles. The van der Waals surface area contributed by atoms with Gasteiger partial charge in [0.2, 0.25) is 0 Å². The first-order valence-corrected chi connectivity index (χ1v) is 8.09. The Balaban J connectivity index is 2.03. The quantitative estimate of drug-likeness (QED) is 0.699. The van der Waals surface area contributed by atoms with Crippen molar-refractivity contribution in [2.45, 2.75) is 6.42 Å². The van der Waals surface area contributed by atoms with Gasteiger partial charge in [-0.3, -0.25) is 4.99 Å². The Hall–Kier alpha value is -2.27. The van der Waals surface area contributed by atoms with E-state index in [9.17, 15) is 0 Å². The average molecular weight is 371 g/mol. The second kappa shape index (κ2) is 5.42. The van der Waals surface area contributed by atoms with E-state index >= 15 is 0 Å². The second-order valence-electron chi connectivity index (χ2n) is 5.41. The molecule has 0 atom stereocenters. The third-order valence-electron chi connectivity index (χ3n) is 4.17. The number of aromatic nitrogens is 1. The van der Waals surface area contributed by atoms with Crippen LogP contribution in [0.1, 0.15) is 5.56 Å². The minimum Gasteiger partial charge on any atom is -0.493 e. The van der Waals surface area contributed by atoms with Crippen LogP contribution >= 0.6 is 15.9 Å². The van der Waals surface area contributed by atoms with Crippen LogP contribution in [0.15, 0.2) is 39.8 Å². The summed E-state index contributed by atoms with van der Waals surface area (Å²) >= 11 is 3.55. The lowest BCUT2D eigenvalue weighted by molar-refractivity contribution is 0.355. The molecular weight excluding hydrogens is 356 g/mol. The van der Waals surface area contributed by atoms with Crippen molar-refractivity contribution in [3.63, 3.8) is 0 Å². The molecule has 4 nitrogen and oxygen atoms in total. The highest BCUT2D eigenvalue weighted by atomic mass is 79.9. The zero-order valence-corrected chi connectivity index (χ0v) is 14.4. The summed E-state index contributed by atoms with van der Waals surface area (Å²) in [6.07, 6.45) is 2.73. The third-order valence-corrected chi connectivity index (χ3v) is 4.66. The van der Waals surface area contributed by atoms with Gasteiger partial charge in [0.15, 0.2) is 11.5 Å². The summed E-state index contributed by atoms with van der Waals surface area (Å²) in [7, 11) is 3.28. The van der Waals surface area contributed by atoms with Gasteiger partial charge in [-0.05, 0) is 29.8 Å². The van der Waals surface area contributed by atoms with Crippen LogP contribution in [-0.2, 0) is 6.42 Å². The highest BCUT2D eigenvalue weighted by Gasteiger charge is 2.20. The molecule has 0 spiro atoms. The van der Waals surface area contributed by atoms with E-state index in [1.165, 1.54) is 10.9 Å². The fourth-order valence-electron chi connectivity index (χ4n) is 3.07. The number of aliphatic imine (C=N–C) groups is 1. The predicted octanol–water partition coefficient (Wildman–Crippen LogP) is 4.87. The number of aromatic amines is 1. The molecule has 0 fully saturated rings. The molecule has 0 unspecified atom stereocenters. The predicted molar refractivity (Wildman–Crippen MR) is 96.4 cm³/mol. The van der Waals surface area contributed by atoms with E-state index in [4.69, 9.17) is 9.47 Å². The van der Waals surface area contributed by atoms with E-state index in [1.54, 1.807) is 14.2 Å². The molecule has 4 rings (SSSR count). The van der Waals surface area contributed by atoms with Crippen LogP contribution in [0.2, 0.25) is 0 Å². The molecule has 0 saturated carbocycles. The van der Waals surface area contributed by atoms with Crippen LogP contribution < -0.4 is 9.47 Å². The number of fused-ring (bicyclic) bond motifs is 5. The van der Waals surface area contributed by atoms with Gasteiger partial charge in [-0.2, -0.15) is 0 Å². The van der Waals surface area contributed by atoms with Crippen molar-refractivity contribution in [2.24, 2.45) is 4.99 Å². The van der Waals surface area contributed by atoms with Crippen LogP contribution in [-0.4, -0.2) is 25.4 Å². The summed E-state index contributed by atoms with van der Waals surface area (Å²) in [5, 5.41) is 1.21. The lowest BCUT2D eigenvalue weighted by Crippen LogP contribution is -1.92. The van der Waals surface area contributed by atoms with Crippen LogP contribution in [0.4, 0.5) is 5.69 Å². The van der Waals surface area contributed by atoms with E-state index in [2.05, 4.69) is 38.0 Å². The van der Waals surface area contributed by atoms with Gasteiger partial charge >= 0.3 is 0 Å². The molecule has 1 aliphatic rings. The Morgan fingerprint density at radius 2 is 1.87 bits per heavy atom. The van der Waals surface area contributed by atoms with Gasteiger partial charge < -0.3 is 14.5 Å². The zero-order chi connectivity index (χ0) is 16.0. The molecular formula is C18H15BrN2O2. The topological polar surface area (TPSA) is 46.6 Å². The number of hydrogen-bond donors (Lipinski definition) is 1. The Morgan fingerprint density at radius 3 is 2.65 bits per heavy atom. The molecule has 0 bridgehead atoms. The number of ether oxygens (including phenoxy) is 2. The molecule has 116 valence electrons. The molecule has 1 aromatic heterocycles. The first kappa shape index (κ1) is 14.3. The summed E-state index contributed by atoms with van der Waals surface area (Å²) in [4.78, 5) is 8.13. The standard InChI is InChI=1S/C18H15BrN2O2/c1-22-16-8-13-15(9-17(16)23-2)20-6-5-11-12-7-10(19)3-4-14(12)21-18(11)13/h3-4,6-9,21H,5H2,1-2H3. The van der Waals surface area contributed by atoms with Crippen molar-refractivity contribution in [2.75, 3.05) is 14.2 Å². The minimum atomic E-state index is 0.686. The van der Waals surface area contributed by atoms with E-state index in [0.29, 0.717) is 11.5 Å².